The lowest BCUT2D eigenvalue weighted by atomic mass is 10.2. The number of thiazole rings is 1. The van der Waals surface area contributed by atoms with Crippen molar-refractivity contribution in [1.82, 2.24) is 4.98 Å². The molecule has 0 spiro atoms. The van der Waals surface area contributed by atoms with Gasteiger partial charge in [0.2, 0.25) is 5.91 Å². The zero-order chi connectivity index (χ0) is 19.9. The molecule has 0 saturated heterocycles. The fraction of sp³-hybridized carbons (Fsp3) is 0.150. The van der Waals surface area contributed by atoms with E-state index in [4.69, 9.17) is 15.2 Å². The number of nitrogens with one attached hydrogen (secondary N) is 1. The van der Waals surface area contributed by atoms with Gasteiger partial charge in [-0.1, -0.05) is 30.3 Å². The summed E-state index contributed by atoms with van der Waals surface area (Å²) in [4.78, 5) is 27.6. The van der Waals surface area contributed by atoms with Crippen LogP contribution in [-0.2, 0) is 17.8 Å². The number of hydrogen-bond acceptors (Lipinski definition) is 6. The summed E-state index contributed by atoms with van der Waals surface area (Å²) in [6.07, 6.45) is 0.0354. The molecule has 1 heterocycles. The van der Waals surface area contributed by atoms with Gasteiger partial charge < -0.3 is 15.2 Å². The number of carbonyl (C=O) groups is 2. The molecule has 0 radical (unpaired) electrons. The van der Waals surface area contributed by atoms with Crippen LogP contribution in [0.25, 0.3) is 0 Å². The first kappa shape index (κ1) is 19.4. The Balaban J connectivity index is 1.67. The van der Waals surface area contributed by atoms with E-state index in [1.807, 2.05) is 30.3 Å². The van der Waals surface area contributed by atoms with Crippen molar-refractivity contribution < 1.29 is 19.1 Å². The van der Waals surface area contributed by atoms with E-state index in [2.05, 4.69) is 10.3 Å². The van der Waals surface area contributed by atoms with Crippen LogP contribution in [0.1, 0.15) is 21.6 Å². The topological polar surface area (TPSA) is 104 Å². The van der Waals surface area contributed by atoms with E-state index in [0.29, 0.717) is 34.5 Å². The van der Waals surface area contributed by atoms with Crippen LogP contribution in [-0.4, -0.2) is 23.9 Å². The molecular formula is C20H19N3O4S. The summed E-state index contributed by atoms with van der Waals surface area (Å²) in [7, 11) is 1.52. The van der Waals surface area contributed by atoms with Crippen LogP contribution in [0.4, 0.5) is 5.13 Å². The van der Waals surface area contributed by atoms with Crippen molar-refractivity contribution in [3.8, 4) is 11.5 Å². The lowest BCUT2D eigenvalue weighted by Crippen LogP contribution is -2.14. The molecule has 0 aliphatic carbocycles. The quantitative estimate of drug-likeness (QED) is 0.608. The minimum atomic E-state index is -0.473. The molecule has 0 unspecified atom stereocenters. The highest BCUT2D eigenvalue weighted by Gasteiger charge is 2.14. The molecule has 8 heteroatoms. The van der Waals surface area contributed by atoms with Crippen molar-refractivity contribution in [1.29, 1.82) is 0 Å². The molecule has 7 nitrogen and oxygen atoms in total. The van der Waals surface area contributed by atoms with Crippen LogP contribution in [0.3, 0.4) is 0 Å². The number of anilines is 1. The SMILES string of the molecule is COc1cc(C(=O)Nc2nc(CC(N)=O)cs2)ccc1OCc1ccccc1. The molecule has 1 aromatic heterocycles. The lowest BCUT2D eigenvalue weighted by molar-refractivity contribution is -0.117. The number of nitrogens with two attached hydrogens (primary N) is 1. The summed E-state index contributed by atoms with van der Waals surface area (Å²) in [5, 5.41) is 4.78. The second kappa shape index (κ2) is 9.01. The summed E-state index contributed by atoms with van der Waals surface area (Å²) < 4.78 is 11.1. The van der Waals surface area contributed by atoms with Gasteiger partial charge in [0.15, 0.2) is 16.6 Å². The van der Waals surface area contributed by atoms with E-state index in [0.717, 1.165) is 5.56 Å². The number of rotatable bonds is 8. The number of benzene rings is 2. The van der Waals surface area contributed by atoms with Gasteiger partial charge in [-0.25, -0.2) is 4.98 Å². The lowest BCUT2D eigenvalue weighted by Gasteiger charge is -2.12. The maximum absolute atomic E-state index is 12.5. The number of primary amides is 1. The summed E-state index contributed by atoms with van der Waals surface area (Å²) in [5.41, 5.74) is 7.10. The maximum Gasteiger partial charge on any atom is 0.257 e. The Morgan fingerprint density at radius 3 is 2.64 bits per heavy atom. The molecule has 0 atom stereocenters. The number of nitrogens with zero attached hydrogens (tertiary/aromatic N) is 1. The summed E-state index contributed by atoms with van der Waals surface area (Å²) in [5.74, 6) is 0.185. The number of methoxy groups -OCH3 is 1. The zero-order valence-corrected chi connectivity index (χ0v) is 16.0. The Bertz CT molecular complexity index is 973. The average Bonchev–Trinajstić information content (AvgIpc) is 3.13. The Hall–Kier alpha value is -3.39. The van der Waals surface area contributed by atoms with E-state index in [1.165, 1.54) is 18.4 Å². The van der Waals surface area contributed by atoms with Crippen LogP contribution in [0.2, 0.25) is 0 Å². The second-order valence-corrected chi connectivity index (χ2v) is 6.74. The monoisotopic (exact) mass is 397 g/mol. The van der Waals surface area contributed by atoms with Gasteiger partial charge in [-0.15, -0.1) is 11.3 Å². The van der Waals surface area contributed by atoms with Gasteiger partial charge in [-0.2, -0.15) is 0 Å². The van der Waals surface area contributed by atoms with Crippen molar-refractivity contribution >= 4 is 28.3 Å². The number of aromatic nitrogens is 1. The third-order valence-electron chi connectivity index (χ3n) is 3.79. The highest BCUT2D eigenvalue weighted by molar-refractivity contribution is 7.14. The first-order valence-electron chi connectivity index (χ1n) is 8.44. The van der Waals surface area contributed by atoms with Gasteiger partial charge in [0.05, 0.1) is 19.2 Å². The number of amides is 2. The summed E-state index contributed by atoms with van der Waals surface area (Å²) in [6, 6.07) is 14.7. The summed E-state index contributed by atoms with van der Waals surface area (Å²) in [6.45, 7) is 0.393. The fourth-order valence-corrected chi connectivity index (χ4v) is 3.16. The van der Waals surface area contributed by atoms with Crippen molar-refractivity contribution in [3.63, 3.8) is 0 Å². The summed E-state index contributed by atoms with van der Waals surface area (Å²) >= 11 is 1.23. The Kier molecular flexibility index (Phi) is 6.23. The molecule has 3 aromatic rings. The van der Waals surface area contributed by atoms with Crippen molar-refractivity contribution in [3.05, 3.63) is 70.7 Å². The van der Waals surface area contributed by atoms with Crippen LogP contribution in [0, 0.1) is 0 Å². The molecular weight excluding hydrogens is 378 g/mol. The number of carbonyl (C=O) groups excluding carboxylic acids is 2. The number of hydrogen-bond donors (Lipinski definition) is 2. The maximum atomic E-state index is 12.5. The van der Waals surface area contributed by atoms with E-state index < -0.39 is 5.91 Å². The third kappa shape index (κ3) is 5.08. The van der Waals surface area contributed by atoms with E-state index in [9.17, 15) is 9.59 Å². The van der Waals surface area contributed by atoms with Crippen LogP contribution in [0.15, 0.2) is 53.9 Å². The largest absolute Gasteiger partial charge is 0.493 e. The average molecular weight is 397 g/mol. The van der Waals surface area contributed by atoms with Crippen molar-refractivity contribution in [2.24, 2.45) is 5.73 Å². The minimum absolute atomic E-state index is 0.0354. The second-order valence-electron chi connectivity index (χ2n) is 5.88. The third-order valence-corrected chi connectivity index (χ3v) is 4.60. The van der Waals surface area contributed by atoms with Crippen LogP contribution in [0.5, 0.6) is 11.5 Å². The first-order valence-corrected chi connectivity index (χ1v) is 9.32. The van der Waals surface area contributed by atoms with Gasteiger partial charge in [-0.05, 0) is 23.8 Å². The van der Waals surface area contributed by atoms with Gasteiger partial charge in [0.25, 0.3) is 5.91 Å². The van der Waals surface area contributed by atoms with Crippen molar-refractivity contribution in [2.45, 2.75) is 13.0 Å². The van der Waals surface area contributed by atoms with E-state index in [-0.39, 0.29) is 12.3 Å². The molecule has 0 bridgehead atoms. The first-order chi connectivity index (χ1) is 13.5. The number of ether oxygens (including phenoxy) is 2. The minimum Gasteiger partial charge on any atom is -0.493 e. The fourth-order valence-electron chi connectivity index (χ4n) is 2.46. The molecule has 0 aliphatic heterocycles. The smallest absolute Gasteiger partial charge is 0.257 e. The van der Waals surface area contributed by atoms with E-state index in [1.54, 1.807) is 23.6 Å². The van der Waals surface area contributed by atoms with Gasteiger partial charge in [-0.3, -0.25) is 14.9 Å². The molecule has 3 rings (SSSR count). The van der Waals surface area contributed by atoms with Gasteiger partial charge in [0.1, 0.15) is 6.61 Å². The molecule has 28 heavy (non-hydrogen) atoms. The predicted octanol–water partition coefficient (Wildman–Crippen LogP) is 3.01. The molecule has 0 saturated carbocycles. The van der Waals surface area contributed by atoms with Gasteiger partial charge in [0, 0.05) is 10.9 Å². The van der Waals surface area contributed by atoms with E-state index >= 15 is 0 Å². The molecule has 2 aromatic carbocycles. The van der Waals surface area contributed by atoms with Gasteiger partial charge >= 0.3 is 0 Å². The van der Waals surface area contributed by atoms with Crippen LogP contribution >= 0.6 is 11.3 Å². The predicted molar refractivity (Wildman–Crippen MR) is 107 cm³/mol. The Morgan fingerprint density at radius 2 is 1.93 bits per heavy atom. The van der Waals surface area contributed by atoms with Crippen LogP contribution < -0.4 is 20.5 Å². The molecule has 144 valence electrons. The normalized spacial score (nSPS) is 10.3. The highest BCUT2D eigenvalue weighted by Crippen LogP contribution is 2.29. The van der Waals surface area contributed by atoms with Crippen molar-refractivity contribution in [2.75, 3.05) is 12.4 Å². The molecule has 3 N–H and O–H groups in total. The zero-order valence-electron chi connectivity index (χ0n) is 15.2. The molecule has 0 fully saturated rings. The Morgan fingerprint density at radius 1 is 1.14 bits per heavy atom. The molecule has 0 aliphatic rings. The standard InChI is InChI=1S/C20H19N3O4S/c1-26-17-9-14(7-8-16(17)27-11-13-5-3-2-4-6-13)19(25)23-20-22-15(12-28-20)10-18(21)24/h2-9,12H,10-11H2,1H3,(H2,21,24)(H,22,23,25). The molecule has 2 amide bonds. The highest BCUT2D eigenvalue weighted by atomic mass is 32.1. The Labute approximate surface area is 166 Å².